The van der Waals surface area contributed by atoms with Gasteiger partial charge in [0.05, 0.1) is 12.6 Å². The summed E-state index contributed by atoms with van der Waals surface area (Å²) in [5.74, 6) is -0.0649. The van der Waals surface area contributed by atoms with Crippen LogP contribution in [0.4, 0.5) is 4.79 Å². The quantitative estimate of drug-likeness (QED) is 0.779. The van der Waals surface area contributed by atoms with Crippen LogP contribution in [0.2, 0.25) is 0 Å². The van der Waals surface area contributed by atoms with Gasteiger partial charge in [0.25, 0.3) is 0 Å². The molecule has 2 aliphatic rings. The molecule has 2 heterocycles. The van der Waals surface area contributed by atoms with Crippen LogP contribution >= 0.6 is 0 Å². The van der Waals surface area contributed by atoms with Crippen molar-refractivity contribution >= 4 is 12.0 Å². The van der Waals surface area contributed by atoms with E-state index in [0.29, 0.717) is 6.42 Å². The van der Waals surface area contributed by atoms with Crippen molar-refractivity contribution in [2.24, 2.45) is 0 Å². The third kappa shape index (κ3) is 3.42. The smallest absolute Gasteiger partial charge is 0.411 e. The normalized spacial score (nSPS) is 27.0. The fourth-order valence-electron chi connectivity index (χ4n) is 2.72. The van der Waals surface area contributed by atoms with Crippen molar-refractivity contribution in [3.8, 4) is 0 Å². The van der Waals surface area contributed by atoms with Gasteiger partial charge in [-0.3, -0.25) is 9.69 Å². The first kappa shape index (κ1) is 15.1. The molecule has 114 valence electrons. The number of aliphatic hydroxyl groups is 1. The molecule has 2 fully saturated rings. The van der Waals surface area contributed by atoms with E-state index < -0.39 is 23.8 Å². The highest BCUT2D eigenvalue weighted by Crippen LogP contribution is 2.24. The molecule has 0 radical (unpaired) electrons. The van der Waals surface area contributed by atoms with Gasteiger partial charge in [-0.25, -0.2) is 4.79 Å². The molecule has 2 saturated heterocycles. The molecular weight excluding hydrogens is 260 g/mol. The van der Waals surface area contributed by atoms with E-state index in [1.54, 1.807) is 25.7 Å². The molecule has 2 atom stereocenters. The minimum absolute atomic E-state index is 0.0649. The van der Waals surface area contributed by atoms with E-state index >= 15 is 0 Å². The Morgan fingerprint density at radius 3 is 2.35 bits per heavy atom. The van der Waals surface area contributed by atoms with E-state index in [1.165, 1.54) is 4.90 Å². The van der Waals surface area contributed by atoms with Crippen LogP contribution in [-0.2, 0) is 9.53 Å². The zero-order chi connectivity index (χ0) is 14.9. The highest BCUT2D eigenvalue weighted by Gasteiger charge is 2.42. The van der Waals surface area contributed by atoms with Gasteiger partial charge >= 0.3 is 6.09 Å². The van der Waals surface area contributed by atoms with Crippen LogP contribution in [0.3, 0.4) is 0 Å². The predicted octanol–water partition coefficient (Wildman–Crippen LogP) is 0.979. The minimum atomic E-state index is -0.654. The lowest BCUT2D eigenvalue weighted by atomic mass is 10.1. The van der Waals surface area contributed by atoms with Crippen molar-refractivity contribution in [3.63, 3.8) is 0 Å². The van der Waals surface area contributed by atoms with Crippen molar-refractivity contribution in [1.82, 2.24) is 9.80 Å². The maximum absolute atomic E-state index is 12.4. The molecular formula is C14H24N2O4. The molecule has 2 aliphatic heterocycles. The molecule has 0 aromatic heterocycles. The lowest BCUT2D eigenvalue weighted by molar-refractivity contribution is -0.134. The Labute approximate surface area is 119 Å². The Bertz CT molecular complexity index is 385. The van der Waals surface area contributed by atoms with Crippen LogP contribution in [0.25, 0.3) is 0 Å². The Kier molecular flexibility index (Phi) is 4.22. The van der Waals surface area contributed by atoms with Gasteiger partial charge in [0.15, 0.2) is 0 Å². The number of carbonyl (C=O) groups excluding carboxylic acids is 2. The summed E-state index contributed by atoms with van der Waals surface area (Å²) in [6, 6.07) is -0.585. The first-order valence-corrected chi connectivity index (χ1v) is 7.24. The number of amides is 2. The molecule has 2 rings (SSSR count). The SMILES string of the molecule is CC(C)(C)OC(=O)N1CC(O)CC1C(=O)N1CCCC1. The molecule has 6 heteroatoms. The average Bonchev–Trinajstić information content (AvgIpc) is 2.94. The van der Waals surface area contributed by atoms with E-state index in [1.807, 2.05) is 0 Å². The molecule has 0 saturated carbocycles. The number of β-amino-alcohol motifs (C(OH)–C–C–N with tert-alkyl or cyclic N) is 1. The van der Waals surface area contributed by atoms with Gasteiger partial charge < -0.3 is 14.7 Å². The number of nitrogens with zero attached hydrogens (tertiary/aromatic N) is 2. The lowest BCUT2D eigenvalue weighted by Gasteiger charge is -2.29. The minimum Gasteiger partial charge on any atom is -0.444 e. The van der Waals surface area contributed by atoms with Gasteiger partial charge in [0.1, 0.15) is 11.6 Å². The Morgan fingerprint density at radius 2 is 1.80 bits per heavy atom. The molecule has 6 nitrogen and oxygen atoms in total. The molecule has 20 heavy (non-hydrogen) atoms. The first-order valence-electron chi connectivity index (χ1n) is 7.24. The van der Waals surface area contributed by atoms with Gasteiger partial charge in [-0.1, -0.05) is 0 Å². The van der Waals surface area contributed by atoms with E-state index in [9.17, 15) is 14.7 Å². The highest BCUT2D eigenvalue weighted by atomic mass is 16.6. The lowest BCUT2D eigenvalue weighted by Crippen LogP contribution is -2.48. The van der Waals surface area contributed by atoms with E-state index in [4.69, 9.17) is 4.74 Å². The second-order valence-corrected chi connectivity index (χ2v) is 6.57. The predicted molar refractivity (Wildman–Crippen MR) is 73.2 cm³/mol. The maximum Gasteiger partial charge on any atom is 0.411 e. The summed E-state index contributed by atoms with van der Waals surface area (Å²) in [7, 11) is 0. The van der Waals surface area contributed by atoms with Crippen molar-refractivity contribution in [3.05, 3.63) is 0 Å². The van der Waals surface area contributed by atoms with Gasteiger partial charge in [0, 0.05) is 19.5 Å². The van der Waals surface area contributed by atoms with E-state index in [2.05, 4.69) is 0 Å². The number of likely N-dealkylation sites (tertiary alicyclic amines) is 2. The van der Waals surface area contributed by atoms with Crippen LogP contribution in [0, 0.1) is 0 Å². The van der Waals surface area contributed by atoms with Crippen LogP contribution in [0.15, 0.2) is 0 Å². The summed E-state index contributed by atoms with van der Waals surface area (Å²) in [6.07, 6.45) is 1.14. The topological polar surface area (TPSA) is 70.1 Å². The summed E-state index contributed by atoms with van der Waals surface area (Å²) in [4.78, 5) is 27.7. The van der Waals surface area contributed by atoms with Crippen molar-refractivity contribution in [2.45, 2.75) is 57.8 Å². The molecule has 0 spiro atoms. The Morgan fingerprint density at radius 1 is 1.20 bits per heavy atom. The number of hydrogen-bond acceptors (Lipinski definition) is 4. The number of carbonyl (C=O) groups is 2. The maximum atomic E-state index is 12.4. The van der Waals surface area contributed by atoms with E-state index in [-0.39, 0.29) is 12.5 Å². The number of hydrogen-bond donors (Lipinski definition) is 1. The largest absolute Gasteiger partial charge is 0.444 e. The summed E-state index contributed by atoms with van der Waals surface area (Å²) in [6.45, 7) is 7.01. The van der Waals surface area contributed by atoms with Gasteiger partial charge in [-0.05, 0) is 33.6 Å². The monoisotopic (exact) mass is 284 g/mol. The van der Waals surface area contributed by atoms with Crippen LogP contribution < -0.4 is 0 Å². The number of rotatable bonds is 1. The molecule has 0 aliphatic carbocycles. The summed E-state index contributed by atoms with van der Waals surface area (Å²) in [5, 5.41) is 9.79. The van der Waals surface area contributed by atoms with Crippen molar-refractivity contribution in [1.29, 1.82) is 0 Å². The first-order chi connectivity index (χ1) is 9.28. The molecule has 2 amide bonds. The Balaban J connectivity index is 2.06. The van der Waals surface area contributed by atoms with Crippen molar-refractivity contribution in [2.75, 3.05) is 19.6 Å². The van der Waals surface area contributed by atoms with Crippen LogP contribution in [-0.4, -0.2) is 64.3 Å². The molecule has 0 bridgehead atoms. The summed E-state index contributed by atoms with van der Waals surface area (Å²) in [5.41, 5.74) is -0.605. The van der Waals surface area contributed by atoms with Gasteiger partial charge in [-0.15, -0.1) is 0 Å². The summed E-state index contributed by atoms with van der Waals surface area (Å²) < 4.78 is 5.32. The number of aliphatic hydroxyl groups excluding tert-OH is 1. The van der Waals surface area contributed by atoms with Gasteiger partial charge in [-0.2, -0.15) is 0 Å². The van der Waals surface area contributed by atoms with E-state index in [0.717, 1.165) is 25.9 Å². The zero-order valence-electron chi connectivity index (χ0n) is 12.5. The van der Waals surface area contributed by atoms with Crippen molar-refractivity contribution < 1.29 is 19.4 Å². The molecule has 1 N–H and O–H groups in total. The second-order valence-electron chi connectivity index (χ2n) is 6.57. The molecule has 0 aromatic rings. The fourth-order valence-corrected chi connectivity index (χ4v) is 2.72. The highest BCUT2D eigenvalue weighted by molar-refractivity contribution is 5.86. The third-order valence-electron chi connectivity index (χ3n) is 3.61. The molecule has 2 unspecified atom stereocenters. The standard InChI is InChI=1S/C14H24N2O4/c1-14(2,3)20-13(19)16-9-10(17)8-11(16)12(18)15-6-4-5-7-15/h10-11,17H,4-9H2,1-3H3. The third-order valence-corrected chi connectivity index (χ3v) is 3.61. The summed E-state index contributed by atoms with van der Waals surface area (Å²) >= 11 is 0. The van der Waals surface area contributed by atoms with Crippen LogP contribution in [0.5, 0.6) is 0 Å². The Hall–Kier alpha value is -1.30. The second kappa shape index (κ2) is 5.60. The average molecular weight is 284 g/mol. The molecule has 0 aromatic carbocycles. The fraction of sp³-hybridized carbons (Fsp3) is 0.857. The van der Waals surface area contributed by atoms with Gasteiger partial charge in [0.2, 0.25) is 5.91 Å². The number of ether oxygens (including phenoxy) is 1. The van der Waals surface area contributed by atoms with Crippen LogP contribution in [0.1, 0.15) is 40.0 Å². The zero-order valence-corrected chi connectivity index (χ0v) is 12.5.